The average Bonchev–Trinajstić information content (AvgIpc) is 2.45. The monoisotopic (exact) mass is 424 g/mol. The lowest BCUT2D eigenvalue weighted by molar-refractivity contribution is -0.127. The Balaban J connectivity index is 0.00000441. The number of likely N-dealkylation sites (tertiary alicyclic amines) is 1. The molecule has 2 unspecified atom stereocenters. The number of amides is 1. The summed E-state index contributed by atoms with van der Waals surface area (Å²) in [5.41, 5.74) is 0. The molecule has 2 atom stereocenters. The highest BCUT2D eigenvalue weighted by Crippen LogP contribution is 2.22. The Labute approximate surface area is 152 Å². The Bertz CT molecular complexity index is 360. The van der Waals surface area contributed by atoms with Gasteiger partial charge < -0.3 is 15.1 Å². The zero-order chi connectivity index (χ0) is 15.8. The van der Waals surface area contributed by atoms with Gasteiger partial charge in [0, 0.05) is 33.7 Å². The number of nitrogens with zero attached hydrogens (tertiary/aromatic N) is 3. The maximum Gasteiger partial charge on any atom is 0.243 e. The van der Waals surface area contributed by atoms with Crippen LogP contribution in [0.25, 0.3) is 0 Å². The molecule has 130 valence electrons. The first kappa shape index (κ1) is 21.5. The maximum atomic E-state index is 11.7. The smallest absolute Gasteiger partial charge is 0.243 e. The van der Waals surface area contributed by atoms with E-state index >= 15 is 0 Å². The van der Waals surface area contributed by atoms with E-state index in [1.54, 1.807) is 19.0 Å². The van der Waals surface area contributed by atoms with E-state index < -0.39 is 0 Å². The van der Waals surface area contributed by atoms with Crippen molar-refractivity contribution in [3.05, 3.63) is 0 Å². The minimum absolute atomic E-state index is 0. The van der Waals surface area contributed by atoms with Crippen LogP contribution in [0.5, 0.6) is 0 Å². The third-order valence-electron chi connectivity index (χ3n) is 4.31. The van der Waals surface area contributed by atoms with E-state index in [0.29, 0.717) is 5.92 Å². The van der Waals surface area contributed by atoms with Crippen molar-refractivity contribution in [1.82, 2.24) is 15.1 Å². The first-order valence-corrected chi connectivity index (χ1v) is 8.19. The minimum Gasteiger partial charge on any atom is -0.356 e. The number of hydrogen-bond donors (Lipinski definition) is 1. The van der Waals surface area contributed by atoms with Gasteiger partial charge in [0.15, 0.2) is 5.96 Å². The molecule has 1 aliphatic heterocycles. The fraction of sp³-hybridized carbons (Fsp3) is 0.875. The second-order valence-corrected chi connectivity index (χ2v) is 6.40. The highest BCUT2D eigenvalue weighted by atomic mass is 127. The zero-order valence-corrected chi connectivity index (χ0v) is 17.1. The van der Waals surface area contributed by atoms with Gasteiger partial charge in [-0.2, -0.15) is 0 Å². The Morgan fingerprint density at radius 1 is 1.32 bits per heavy atom. The lowest BCUT2D eigenvalue weighted by atomic mass is 9.89. The number of guanidine groups is 1. The van der Waals surface area contributed by atoms with Crippen molar-refractivity contribution in [2.75, 3.05) is 40.3 Å². The molecule has 0 aromatic carbocycles. The molecular weight excluding hydrogens is 391 g/mol. The van der Waals surface area contributed by atoms with Crippen molar-refractivity contribution in [1.29, 1.82) is 0 Å². The Kier molecular flexibility index (Phi) is 10.8. The van der Waals surface area contributed by atoms with Gasteiger partial charge in [-0.15, -0.1) is 24.0 Å². The molecule has 0 aliphatic carbocycles. The molecular formula is C16H33IN4O. The van der Waals surface area contributed by atoms with Crippen molar-refractivity contribution in [3.63, 3.8) is 0 Å². The summed E-state index contributed by atoms with van der Waals surface area (Å²) >= 11 is 0. The summed E-state index contributed by atoms with van der Waals surface area (Å²) in [4.78, 5) is 20.2. The zero-order valence-electron chi connectivity index (χ0n) is 14.8. The highest BCUT2D eigenvalue weighted by molar-refractivity contribution is 14.0. The van der Waals surface area contributed by atoms with Crippen molar-refractivity contribution in [2.24, 2.45) is 16.8 Å². The van der Waals surface area contributed by atoms with E-state index in [2.05, 4.69) is 36.0 Å². The molecule has 1 fully saturated rings. The summed E-state index contributed by atoms with van der Waals surface area (Å²) in [6.45, 7) is 9.99. The number of piperidine rings is 1. The second-order valence-electron chi connectivity index (χ2n) is 6.40. The number of aliphatic imine (C=N–C) groups is 1. The van der Waals surface area contributed by atoms with Crippen LogP contribution in [0.1, 0.15) is 40.0 Å². The predicted octanol–water partition coefficient (Wildman–Crippen LogP) is 2.42. The largest absolute Gasteiger partial charge is 0.356 e. The summed E-state index contributed by atoms with van der Waals surface area (Å²) in [6.07, 6.45) is 3.47. The number of likely N-dealkylation sites (N-methyl/N-ethyl adjacent to an activating group) is 1. The van der Waals surface area contributed by atoms with E-state index in [4.69, 9.17) is 0 Å². The normalized spacial score (nSPS) is 22.0. The Morgan fingerprint density at radius 2 is 2.00 bits per heavy atom. The van der Waals surface area contributed by atoms with Crippen molar-refractivity contribution < 1.29 is 4.79 Å². The summed E-state index contributed by atoms with van der Waals surface area (Å²) in [6, 6.07) is 0. The van der Waals surface area contributed by atoms with Gasteiger partial charge in [-0.1, -0.05) is 27.2 Å². The summed E-state index contributed by atoms with van der Waals surface area (Å²) in [7, 11) is 3.54. The lowest BCUT2D eigenvalue weighted by Gasteiger charge is -2.37. The van der Waals surface area contributed by atoms with Crippen molar-refractivity contribution >= 4 is 35.8 Å². The number of hydrogen-bond acceptors (Lipinski definition) is 2. The quantitative estimate of drug-likeness (QED) is 0.319. The van der Waals surface area contributed by atoms with E-state index in [1.165, 1.54) is 6.42 Å². The summed E-state index contributed by atoms with van der Waals surface area (Å²) in [5, 5.41) is 3.43. The van der Waals surface area contributed by atoms with Crippen LogP contribution in [-0.4, -0.2) is 61.9 Å². The number of halogens is 1. The van der Waals surface area contributed by atoms with Crippen LogP contribution >= 0.6 is 24.0 Å². The first-order chi connectivity index (χ1) is 9.95. The van der Waals surface area contributed by atoms with Gasteiger partial charge in [0.05, 0.1) is 0 Å². The third-order valence-corrected chi connectivity index (χ3v) is 4.31. The van der Waals surface area contributed by atoms with Crippen LogP contribution < -0.4 is 5.32 Å². The molecule has 1 heterocycles. The molecule has 5 nitrogen and oxygen atoms in total. The van der Waals surface area contributed by atoms with E-state index in [9.17, 15) is 4.79 Å². The molecule has 6 heteroatoms. The van der Waals surface area contributed by atoms with Crippen LogP contribution in [-0.2, 0) is 4.79 Å². The van der Waals surface area contributed by atoms with Crippen LogP contribution in [0.2, 0.25) is 0 Å². The number of carbonyl (C=O) groups is 1. The molecule has 0 bridgehead atoms. The van der Waals surface area contributed by atoms with E-state index in [0.717, 1.165) is 44.4 Å². The molecule has 1 aliphatic rings. The lowest BCUT2D eigenvalue weighted by Crippen LogP contribution is -2.48. The average molecular weight is 424 g/mol. The van der Waals surface area contributed by atoms with Crippen molar-refractivity contribution in [2.45, 2.75) is 40.0 Å². The molecule has 0 aromatic rings. The predicted molar refractivity (Wildman–Crippen MR) is 104 cm³/mol. The molecule has 22 heavy (non-hydrogen) atoms. The van der Waals surface area contributed by atoms with Crippen LogP contribution in [0, 0.1) is 11.8 Å². The molecule has 1 saturated heterocycles. The number of unbranched alkanes of at least 4 members (excludes halogenated alkanes) is 1. The molecule has 0 spiro atoms. The van der Waals surface area contributed by atoms with Gasteiger partial charge in [0.1, 0.15) is 6.54 Å². The third kappa shape index (κ3) is 7.15. The fourth-order valence-electron chi connectivity index (χ4n) is 2.38. The summed E-state index contributed by atoms with van der Waals surface area (Å²) < 4.78 is 0. The molecule has 1 rings (SSSR count). The highest BCUT2D eigenvalue weighted by Gasteiger charge is 2.24. The standard InChI is InChI=1S/C16H32N4O.HI/c1-6-7-9-17-16(18-11-15(21)19(4)5)20-10-8-13(2)14(3)12-20;/h13-14H,6-12H2,1-5H3,(H,17,18);1H. The van der Waals surface area contributed by atoms with Gasteiger partial charge in [0.2, 0.25) is 5.91 Å². The maximum absolute atomic E-state index is 11.7. The van der Waals surface area contributed by atoms with E-state index in [1.807, 2.05) is 0 Å². The number of rotatable bonds is 5. The van der Waals surface area contributed by atoms with Gasteiger partial charge in [-0.05, 0) is 24.7 Å². The molecule has 0 radical (unpaired) electrons. The minimum atomic E-state index is 0. The van der Waals surface area contributed by atoms with Gasteiger partial charge >= 0.3 is 0 Å². The number of carbonyl (C=O) groups excluding carboxylic acids is 1. The first-order valence-electron chi connectivity index (χ1n) is 8.19. The second kappa shape index (κ2) is 11.1. The van der Waals surface area contributed by atoms with Crippen molar-refractivity contribution in [3.8, 4) is 0 Å². The number of nitrogens with one attached hydrogen (secondary N) is 1. The molecule has 0 saturated carbocycles. The van der Waals surface area contributed by atoms with Gasteiger partial charge in [0.25, 0.3) is 0 Å². The molecule has 1 N–H and O–H groups in total. The Hall–Kier alpha value is -0.530. The summed E-state index contributed by atoms with van der Waals surface area (Å²) in [5.74, 6) is 2.38. The SMILES string of the molecule is CCCCNC(=NCC(=O)N(C)C)N1CCC(C)C(C)C1.I. The fourth-order valence-corrected chi connectivity index (χ4v) is 2.38. The Morgan fingerprint density at radius 3 is 2.55 bits per heavy atom. The van der Waals surface area contributed by atoms with Crippen LogP contribution in [0.3, 0.4) is 0 Å². The van der Waals surface area contributed by atoms with Crippen LogP contribution in [0.15, 0.2) is 4.99 Å². The molecule has 1 amide bonds. The van der Waals surface area contributed by atoms with Crippen LogP contribution in [0.4, 0.5) is 0 Å². The van der Waals surface area contributed by atoms with E-state index in [-0.39, 0.29) is 36.4 Å². The van der Waals surface area contributed by atoms with Gasteiger partial charge in [-0.25, -0.2) is 4.99 Å². The molecule has 0 aromatic heterocycles. The topological polar surface area (TPSA) is 47.9 Å². The van der Waals surface area contributed by atoms with Gasteiger partial charge in [-0.3, -0.25) is 4.79 Å².